The minimum atomic E-state index is 0.405. The van der Waals surface area contributed by atoms with Crippen LogP contribution in [-0.2, 0) is 4.79 Å². The van der Waals surface area contributed by atoms with Crippen LogP contribution in [0.3, 0.4) is 0 Å². The van der Waals surface area contributed by atoms with E-state index in [9.17, 15) is 4.79 Å². The number of thioether (sulfide) groups is 1. The van der Waals surface area contributed by atoms with Gasteiger partial charge in [-0.15, -0.1) is 0 Å². The van der Waals surface area contributed by atoms with Gasteiger partial charge in [-0.05, 0) is 30.9 Å². The Hall–Kier alpha value is 0.0200. The van der Waals surface area contributed by atoms with Crippen molar-refractivity contribution in [2.75, 3.05) is 5.75 Å². The van der Waals surface area contributed by atoms with Crippen molar-refractivity contribution in [1.82, 2.24) is 0 Å². The Labute approximate surface area is 92.0 Å². The van der Waals surface area contributed by atoms with Crippen molar-refractivity contribution in [2.45, 2.75) is 51.7 Å². The van der Waals surface area contributed by atoms with Gasteiger partial charge < -0.3 is 0 Å². The number of Topliss-reactive ketones (excluding diaryl/α,β-unsaturated/α-hetero) is 1. The van der Waals surface area contributed by atoms with Gasteiger partial charge in [-0.25, -0.2) is 0 Å². The van der Waals surface area contributed by atoms with Gasteiger partial charge in [-0.2, -0.15) is 11.8 Å². The van der Waals surface area contributed by atoms with Crippen LogP contribution < -0.4 is 0 Å². The Morgan fingerprint density at radius 2 is 2.14 bits per heavy atom. The molecule has 0 aliphatic heterocycles. The molecule has 2 heteroatoms. The molecule has 0 N–H and O–H groups in total. The Balaban J connectivity index is 2.12. The molecule has 0 aromatic heterocycles. The van der Waals surface area contributed by atoms with Crippen molar-refractivity contribution < 1.29 is 4.79 Å². The minimum absolute atomic E-state index is 0.405. The highest BCUT2D eigenvalue weighted by molar-refractivity contribution is 7.99. The van der Waals surface area contributed by atoms with Crippen molar-refractivity contribution in [3.05, 3.63) is 0 Å². The summed E-state index contributed by atoms with van der Waals surface area (Å²) < 4.78 is 0. The van der Waals surface area contributed by atoms with Gasteiger partial charge in [-0.1, -0.05) is 20.8 Å². The Morgan fingerprint density at radius 3 is 2.64 bits per heavy atom. The lowest BCUT2D eigenvalue weighted by atomic mass is 10.1. The van der Waals surface area contributed by atoms with Crippen LogP contribution in [0, 0.1) is 11.8 Å². The molecule has 1 aliphatic rings. The molecule has 0 amide bonds. The highest BCUT2D eigenvalue weighted by Crippen LogP contribution is 2.27. The summed E-state index contributed by atoms with van der Waals surface area (Å²) in [6.45, 7) is 6.81. The Kier molecular flexibility index (Phi) is 5.00. The van der Waals surface area contributed by atoms with Gasteiger partial charge in [0, 0.05) is 17.6 Å². The first kappa shape index (κ1) is 12.1. The lowest BCUT2D eigenvalue weighted by molar-refractivity contribution is -0.120. The average Bonchev–Trinajstić information content (AvgIpc) is 2.51. The molecule has 0 aromatic carbocycles. The van der Waals surface area contributed by atoms with Gasteiger partial charge in [0.2, 0.25) is 0 Å². The molecule has 2 atom stereocenters. The van der Waals surface area contributed by atoms with E-state index in [-0.39, 0.29) is 0 Å². The van der Waals surface area contributed by atoms with Crippen LogP contribution >= 0.6 is 11.8 Å². The molecule has 1 saturated carbocycles. The van der Waals surface area contributed by atoms with Crippen LogP contribution in [0.25, 0.3) is 0 Å². The molecular weight excluding hydrogens is 192 g/mol. The fourth-order valence-corrected chi connectivity index (χ4v) is 2.96. The summed E-state index contributed by atoms with van der Waals surface area (Å²) in [5.74, 6) is 2.83. The monoisotopic (exact) mass is 214 g/mol. The molecule has 0 aromatic rings. The zero-order valence-corrected chi connectivity index (χ0v) is 10.4. The number of carbonyl (C=O) groups excluding carboxylic acids is 1. The van der Waals surface area contributed by atoms with Crippen LogP contribution in [0.1, 0.15) is 46.5 Å². The van der Waals surface area contributed by atoms with Crippen molar-refractivity contribution in [3.63, 3.8) is 0 Å². The lowest BCUT2D eigenvalue weighted by Gasteiger charge is -2.15. The van der Waals surface area contributed by atoms with E-state index >= 15 is 0 Å². The van der Waals surface area contributed by atoms with E-state index in [0.29, 0.717) is 11.7 Å². The summed E-state index contributed by atoms with van der Waals surface area (Å²) in [5, 5.41) is 0.728. The molecule has 0 spiro atoms. The van der Waals surface area contributed by atoms with Crippen molar-refractivity contribution in [3.8, 4) is 0 Å². The smallest absolute Gasteiger partial charge is 0.136 e. The summed E-state index contributed by atoms with van der Waals surface area (Å²) in [5.41, 5.74) is 0. The first-order chi connectivity index (χ1) is 6.61. The number of rotatable bonds is 5. The Morgan fingerprint density at radius 1 is 1.43 bits per heavy atom. The normalized spacial score (nSPS) is 24.6. The number of carbonyl (C=O) groups is 1. The van der Waals surface area contributed by atoms with Gasteiger partial charge >= 0.3 is 0 Å². The summed E-state index contributed by atoms with van der Waals surface area (Å²) in [7, 11) is 0. The van der Waals surface area contributed by atoms with Gasteiger partial charge in [0.15, 0.2) is 0 Å². The largest absolute Gasteiger partial charge is 0.299 e. The van der Waals surface area contributed by atoms with E-state index in [1.807, 2.05) is 11.8 Å². The molecule has 0 heterocycles. The van der Waals surface area contributed by atoms with Gasteiger partial charge in [-0.3, -0.25) is 4.79 Å². The van der Waals surface area contributed by atoms with Crippen molar-refractivity contribution in [1.29, 1.82) is 0 Å². The van der Waals surface area contributed by atoms with Gasteiger partial charge in [0.25, 0.3) is 0 Å². The van der Waals surface area contributed by atoms with Crippen LogP contribution in [0.2, 0.25) is 0 Å². The molecule has 0 saturated heterocycles. The maximum Gasteiger partial charge on any atom is 0.136 e. The quantitative estimate of drug-likeness (QED) is 0.696. The molecule has 0 bridgehead atoms. The zero-order chi connectivity index (χ0) is 10.6. The second kappa shape index (κ2) is 5.79. The first-order valence-electron chi connectivity index (χ1n) is 5.75. The first-order valence-corrected chi connectivity index (χ1v) is 6.80. The second-order valence-corrected chi connectivity index (χ2v) is 6.15. The average molecular weight is 214 g/mol. The Bertz CT molecular complexity index is 189. The third kappa shape index (κ3) is 3.64. The topological polar surface area (TPSA) is 17.1 Å². The molecule has 82 valence electrons. The van der Waals surface area contributed by atoms with Crippen LogP contribution in [0.4, 0.5) is 0 Å². The van der Waals surface area contributed by atoms with E-state index in [2.05, 4.69) is 20.8 Å². The third-order valence-corrected chi connectivity index (χ3v) is 4.76. The number of ketones is 1. The molecule has 14 heavy (non-hydrogen) atoms. The summed E-state index contributed by atoms with van der Waals surface area (Å²) in [6.07, 6.45) is 4.24. The number of hydrogen-bond acceptors (Lipinski definition) is 2. The van der Waals surface area contributed by atoms with E-state index in [1.165, 1.54) is 0 Å². The minimum Gasteiger partial charge on any atom is -0.299 e. The molecule has 1 rings (SSSR count). The van der Waals surface area contributed by atoms with E-state index in [4.69, 9.17) is 0 Å². The molecule has 2 unspecified atom stereocenters. The van der Waals surface area contributed by atoms with E-state index < -0.39 is 0 Å². The maximum absolute atomic E-state index is 11.4. The van der Waals surface area contributed by atoms with Crippen molar-refractivity contribution >= 4 is 17.5 Å². The van der Waals surface area contributed by atoms with E-state index in [0.717, 1.165) is 42.6 Å². The SMILES string of the molecule is CC(C)C(C)SCCC1CCCC1=O. The lowest BCUT2D eigenvalue weighted by Crippen LogP contribution is -2.10. The maximum atomic E-state index is 11.4. The number of hydrogen-bond donors (Lipinski definition) is 0. The highest BCUT2D eigenvalue weighted by atomic mass is 32.2. The van der Waals surface area contributed by atoms with Crippen LogP contribution in [-0.4, -0.2) is 16.8 Å². The van der Waals surface area contributed by atoms with Crippen LogP contribution in [0.5, 0.6) is 0 Å². The predicted molar refractivity (Wildman–Crippen MR) is 63.7 cm³/mol. The fourth-order valence-electron chi connectivity index (χ4n) is 1.78. The fraction of sp³-hybridized carbons (Fsp3) is 0.917. The zero-order valence-electron chi connectivity index (χ0n) is 9.58. The van der Waals surface area contributed by atoms with Gasteiger partial charge in [0.05, 0.1) is 0 Å². The highest BCUT2D eigenvalue weighted by Gasteiger charge is 2.23. The third-order valence-electron chi connectivity index (χ3n) is 3.22. The second-order valence-electron chi connectivity index (χ2n) is 4.66. The van der Waals surface area contributed by atoms with Crippen molar-refractivity contribution in [2.24, 2.45) is 11.8 Å². The molecule has 1 nitrogen and oxygen atoms in total. The van der Waals surface area contributed by atoms with Crippen LogP contribution in [0.15, 0.2) is 0 Å². The van der Waals surface area contributed by atoms with E-state index in [1.54, 1.807) is 0 Å². The summed E-state index contributed by atoms with van der Waals surface area (Å²) in [6, 6.07) is 0. The molecule has 1 fully saturated rings. The summed E-state index contributed by atoms with van der Waals surface area (Å²) >= 11 is 2.02. The predicted octanol–water partition coefficient (Wildman–Crippen LogP) is 3.52. The van der Waals surface area contributed by atoms with Gasteiger partial charge in [0.1, 0.15) is 5.78 Å². The summed E-state index contributed by atoms with van der Waals surface area (Å²) in [4.78, 5) is 11.4. The standard InChI is InChI=1S/C12H22OS/c1-9(2)10(3)14-8-7-11-5-4-6-12(11)13/h9-11H,4-8H2,1-3H3. The molecular formula is C12H22OS. The molecule has 1 aliphatic carbocycles. The molecule has 0 radical (unpaired) electrons.